The summed E-state index contributed by atoms with van der Waals surface area (Å²) in [5.74, 6) is 0. The fourth-order valence-electron chi connectivity index (χ4n) is 2.90. The first-order valence-electron chi connectivity index (χ1n) is 7.29. The molecular formula is C16H20N4OS. The number of rotatable bonds is 5. The van der Waals surface area contributed by atoms with Gasteiger partial charge in [-0.3, -0.25) is 4.98 Å². The molecule has 2 aromatic heterocycles. The number of hydrogen-bond acceptors (Lipinski definition) is 3. The predicted octanol–water partition coefficient (Wildman–Crippen LogP) is 2.04. The standard InChI is InChI=1S/C16H20N4OS/c1-19-8-6-12(11-19)15-14(13-5-3-4-7-17-13)18-16(22)20(15)9-10-21-2/h3-8,11,14-15H,9-10H2,1-2H3,(H,18,22)/t14-,15+/m1/s1. The highest BCUT2D eigenvalue weighted by Gasteiger charge is 2.39. The Balaban J connectivity index is 1.96. The molecule has 0 unspecified atom stereocenters. The lowest BCUT2D eigenvalue weighted by molar-refractivity contribution is 0.164. The van der Waals surface area contributed by atoms with Crippen molar-refractivity contribution in [1.29, 1.82) is 0 Å². The molecule has 1 fully saturated rings. The van der Waals surface area contributed by atoms with Gasteiger partial charge in [0.05, 0.1) is 24.4 Å². The Labute approximate surface area is 135 Å². The monoisotopic (exact) mass is 316 g/mol. The smallest absolute Gasteiger partial charge is 0.170 e. The third kappa shape index (κ3) is 2.84. The second kappa shape index (κ2) is 6.46. The molecule has 0 saturated carbocycles. The fraction of sp³-hybridized carbons (Fsp3) is 0.375. The van der Waals surface area contributed by atoms with E-state index in [1.54, 1.807) is 7.11 Å². The molecule has 3 rings (SSSR count). The molecule has 2 atom stereocenters. The molecule has 6 heteroatoms. The summed E-state index contributed by atoms with van der Waals surface area (Å²) in [6.07, 6.45) is 6.01. The lowest BCUT2D eigenvalue weighted by Crippen LogP contribution is -2.32. The van der Waals surface area contributed by atoms with Crippen molar-refractivity contribution in [2.24, 2.45) is 7.05 Å². The average Bonchev–Trinajstić information content (AvgIpc) is 3.09. The first-order valence-corrected chi connectivity index (χ1v) is 7.70. The first kappa shape index (κ1) is 15.0. The van der Waals surface area contributed by atoms with Crippen LogP contribution in [-0.4, -0.2) is 39.8 Å². The maximum atomic E-state index is 5.54. The Morgan fingerprint density at radius 3 is 2.86 bits per heavy atom. The Morgan fingerprint density at radius 2 is 2.23 bits per heavy atom. The van der Waals surface area contributed by atoms with E-state index < -0.39 is 0 Å². The molecule has 0 aliphatic carbocycles. The average molecular weight is 316 g/mol. The summed E-state index contributed by atoms with van der Waals surface area (Å²) in [4.78, 5) is 6.69. The molecule has 0 radical (unpaired) electrons. The summed E-state index contributed by atoms with van der Waals surface area (Å²) < 4.78 is 7.29. The van der Waals surface area contributed by atoms with Gasteiger partial charge in [-0.2, -0.15) is 0 Å². The summed E-state index contributed by atoms with van der Waals surface area (Å²) in [6, 6.07) is 8.28. The molecule has 1 N–H and O–H groups in total. The number of pyridine rings is 1. The van der Waals surface area contributed by atoms with Crippen LogP contribution in [0.4, 0.5) is 0 Å². The Kier molecular flexibility index (Phi) is 4.40. The van der Waals surface area contributed by atoms with Crippen LogP contribution in [0, 0.1) is 0 Å². The summed E-state index contributed by atoms with van der Waals surface area (Å²) >= 11 is 5.54. The Bertz CT molecular complexity index is 643. The van der Waals surface area contributed by atoms with Crippen molar-refractivity contribution in [3.63, 3.8) is 0 Å². The van der Waals surface area contributed by atoms with E-state index in [0.29, 0.717) is 6.61 Å². The van der Waals surface area contributed by atoms with Gasteiger partial charge in [0, 0.05) is 39.3 Å². The minimum Gasteiger partial charge on any atom is -0.383 e. The van der Waals surface area contributed by atoms with Gasteiger partial charge in [0.25, 0.3) is 0 Å². The van der Waals surface area contributed by atoms with E-state index >= 15 is 0 Å². The molecule has 0 aromatic carbocycles. The van der Waals surface area contributed by atoms with Gasteiger partial charge in [-0.15, -0.1) is 0 Å². The van der Waals surface area contributed by atoms with Crippen LogP contribution in [0.5, 0.6) is 0 Å². The number of hydrogen-bond donors (Lipinski definition) is 1. The van der Waals surface area contributed by atoms with Gasteiger partial charge in [0.2, 0.25) is 0 Å². The number of nitrogens with zero attached hydrogens (tertiary/aromatic N) is 3. The van der Waals surface area contributed by atoms with Crippen molar-refractivity contribution in [3.8, 4) is 0 Å². The minimum atomic E-state index is 0.0490. The summed E-state index contributed by atoms with van der Waals surface area (Å²) in [7, 11) is 3.74. The second-order valence-corrected chi connectivity index (χ2v) is 5.81. The van der Waals surface area contributed by atoms with Gasteiger partial charge >= 0.3 is 0 Å². The molecule has 1 aliphatic rings. The molecule has 1 aliphatic heterocycles. The molecule has 2 aromatic rings. The zero-order valence-electron chi connectivity index (χ0n) is 12.8. The van der Waals surface area contributed by atoms with Crippen molar-refractivity contribution in [2.45, 2.75) is 12.1 Å². The number of methoxy groups -OCH3 is 1. The van der Waals surface area contributed by atoms with E-state index in [9.17, 15) is 0 Å². The number of thiocarbonyl (C=S) groups is 1. The van der Waals surface area contributed by atoms with Gasteiger partial charge in [0.15, 0.2) is 5.11 Å². The van der Waals surface area contributed by atoms with E-state index in [-0.39, 0.29) is 12.1 Å². The molecule has 0 amide bonds. The number of aryl methyl sites for hydroxylation is 1. The van der Waals surface area contributed by atoms with E-state index in [1.165, 1.54) is 5.56 Å². The van der Waals surface area contributed by atoms with Crippen LogP contribution >= 0.6 is 12.2 Å². The normalized spacial score (nSPS) is 21.2. The first-order chi connectivity index (χ1) is 10.7. The van der Waals surface area contributed by atoms with Crippen molar-refractivity contribution in [3.05, 3.63) is 54.1 Å². The van der Waals surface area contributed by atoms with Gasteiger partial charge in [0.1, 0.15) is 0 Å². The molecule has 0 bridgehead atoms. The molecular weight excluding hydrogens is 296 g/mol. The summed E-state index contributed by atoms with van der Waals surface area (Å²) in [6.45, 7) is 1.39. The highest BCUT2D eigenvalue weighted by molar-refractivity contribution is 7.80. The maximum Gasteiger partial charge on any atom is 0.170 e. The topological polar surface area (TPSA) is 42.3 Å². The molecule has 0 spiro atoms. The van der Waals surface area contributed by atoms with Crippen molar-refractivity contribution in [1.82, 2.24) is 19.8 Å². The van der Waals surface area contributed by atoms with Crippen molar-refractivity contribution < 1.29 is 4.74 Å². The highest BCUT2D eigenvalue weighted by Crippen LogP contribution is 2.38. The van der Waals surface area contributed by atoms with E-state index in [4.69, 9.17) is 17.0 Å². The number of nitrogens with one attached hydrogen (secondary N) is 1. The van der Waals surface area contributed by atoms with E-state index in [2.05, 4.69) is 38.2 Å². The summed E-state index contributed by atoms with van der Waals surface area (Å²) in [5.41, 5.74) is 2.22. The van der Waals surface area contributed by atoms with Crippen LogP contribution in [0.3, 0.4) is 0 Å². The highest BCUT2D eigenvalue weighted by atomic mass is 32.1. The van der Waals surface area contributed by atoms with Crippen LogP contribution in [-0.2, 0) is 11.8 Å². The lowest BCUT2D eigenvalue weighted by atomic mass is 9.99. The van der Waals surface area contributed by atoms with Gasteiger partial charge in [-0.1, -0.05) is 6.07 Å². The van der Waals surface area contributed by atoms with Crippen molar-refractivity contribution >= 4 is 17.3 Å². The lowest BCUT2D eigenvalue weighted by Gasteiger charge is -2.26. The Hall–Kier alpha value is -1.92. The largest absolute Gasteiger partial charge is 0.383 e. The van der Waals surface area contributed by atoms with Crippen LogP contribution in [0.25, 0.3) is 0 Å². The minimum absolute atomic E-state index is 0.0490. The van der Waals surface area contributed by atoms with Crippen LogP contribution in [0.2, 0.25) is 0 Å². The van der Waals surface area contributed by atoms with E-state index in [0.717, 1.165) is 17.4 Å². The van der Waals surface area contributed by atoms with Gasteiger partial charge < -0.3 is 19.5 Å². The van der Waals surface area contributed by atoms with Crippen molar-refractivity contribution in [2.75, 3.05) is 20.3 Å². The quantitative estimate of drug-likeness (QED) is 0.855. The molecule has 3 heterocycles. The predicted molar refractivity (Wildman–Crippen MR) is 89.4 cm³/mol. The Morgan fingerprint density at radius 1 is 1.36 bits per heavy atom. The molecule has 116 valence electrons. The zero-order chi connectivity index (χ0) is 15.5. The number of ether oxygens (including phenoxy) is 1. The summed E-state index contributed by atoms with van der Waals surface area (Å²) in [5, 5.41) is 4.17. The second-order valence-electron chi connectivity index (χ2n) is 5.42. The third-order valence-electron chi connectivity index (χ3n) is 3.93. The van der Waals surface area contributed by atoms with Crippen LogP contribution in [0.1, 0.15) is 23.3 Å². The number of aromatic nitrogens is 2. The van der Waals surface area contributed by atoms with Crippen LogP contribution in [0.15, 0.2) is 42.9 Å². The van der Waals surface area contributed by atoms with Gasteiger partial charge in [-0.05, 0) is 36.0 Å². The SMILES string of the molecule is COCCN1C(=S)N[C@H](c2ccccn2)[C@@H]1c1ccn(C)c1. The molecule has 1 saturated heterocycles. The molecule has 5 nitrogen and oxygen atoms in total. The molecule has 22 heavy (non-hydrogen) atoms. The van der Waals surface area contributed by atoms with E-state index in [1.807, 2.05) is 31.4 Å². The van der Waals surface area contributed by atoms with Gasteiger partial charge in [-0.25, -0.2) is 0 Å². The fourth-order valence-corrected chi connectivity index (χ4v) is 3.23. The van der Waals surface area contributed by atoms with Crippen LogP contribution < -0.4 is 5.32 Å². The zero-order valence-corrected chi connectivity index (χ0v) is 13.6. The maximum absolute atomic E-state index is 5.54. The third-order valence-corrected chi connectivity index (χ3v) is 4.28.